The molecule has 76 valence electrons. The predicted octanol–water partition coefficient (Wildman–Crippen LogP) is 3.18. The van der Waals surface area contributed by atoms with E-state index in [1.54, 1.807) is 0 Å². The molecule has 0 saturated heterocycles. The molecule has 1 rings (SSSR count). The zero-order chi connectivity index (χ0) is 10.6. The highest BCUT2D eigenvalue weighted by molar-refractivity contribution is 6.30. The van der Waals surface area contributed by atoms with Crippen LogP contribution in [0.25, 0.3) is 0 Å². The fourth-order valence-corrected chi connectivity index (χ4v) is 1.09. The van der Waals surface area contributed by atoms with Crippen molar-refractivity contribution in [3.05, 3.63) is 29.0 Å². The summed E-state index contributed by atoms with van der Waals surface area (Å²) in [6.45, 7) is 1.85. The van der Waals surface area contributed by atoms with Gasteiger partial charge in [-0.25, -0.2) is 4.39 Å². The Balaban J connectivity index is 2.72. The lowest BCUT2D eigenvalue weighted by Crippen LogP contribution is -2.07. The van der Waals surface area contributed by atoms with Gasteiger partial charge in [0.1, 0.15) is 0 Å². The predicted molar refractivity (Wildman–Crippen MR) is 52.0 cm³/mol. The van der Waals surface area contributed by atoms with E-state index in [-0.39, 0.29) is 17.2 Å². The summed E-state index contributed by atoms with van der Waals surface area (Å²) in [5.74, 6) is -1.14. The molecular formula is C10H10ClFO2. The number of esters is 1. The van der Waals surface area contributed by atoms with Crippen LogP contribution in [0.1, 0.15) is 19.8 Å². The van der Waals surface area contributed by atoms with Gasteiger partial charge in [0.25, 0.3) is 0 Å². The number of halogens is 2. The van der Waals surface area contributed by atoms with Crippen LogP contribution in [0.3, 0.4) is 0 Å². The number of carbonyl (C=O) groups is 1. The van der Waals surface area contributed by atoms with Crippen LogP contribution in [0.2, 0.25) is 5.02 Å². The normalized spacial score (nSPS) is 9.93. The second-order valence-corrected chi connectivity index (χ2v) is 3.24. The number of benzene rings is 1. The lowest BCUT2D eigenvalue weighted by molar-refractivity contribution is -0.134. The molecule has 0 aliphatic heterocycles. The van der Waals surface area contributed by atoms with Crippen molar-refractivity contribution in [2.45, 2.75) is 19.8 Å². The Morgan fingerprint density at radius 3 is 2.86 bits per heavy atom. The Kier molecular flexibility index (Phi) is 3.89. The molecule has 0 aliphatic carbocycles. The molecule has 14 heavy (non-hydrogen) atoms. The van der Waals surface area contributed by atoms with E-state index in [9.17, 15) is 9.18 Å². The van der Waals surface area contributed by atoms with Gasteiger partial charge in [-0.3, -0.25) is 4.79 Å². The quantitative estimate of drug-likeness (QED) is 0.573. The van der Waals surface area contributed by atoms with E-state index >= 15 is 0 Å². The zero-order valence-corrected chi connectivity index (χ0v) is 8.47. The molecular weight excluding hydrogens is 207 g/mol. The molecule has 0 bridgehead atoms. The fourth-order valence-electron chi connectivity index (χ4n) is 0.936. The Morgan fingerprint density at radius 1 is 1.57 bits per heavy atom. The van der Waals surface area contributed by atoms with E-state index < -0.39 is 11.8 Å². The standard InChI is InChI=1S/C10H10ClFO2/c1-2-3-10(13)14-9-5-4-7(11)6-8(9)12/h4-6H,2-3H2,1H3. The van der Waals surface area contributed by atoms with Gasteiger partial charge in [0.2, 0.25) is 0 Å². The van der Waals surface area contributed by atoms with Crippen molar-refractivity contribution < 1.29 is 13.9 Å². The van der Waals surface area contributed by atoms with Crippen molar-refractivity contribution in [3.8, 4) is 5.75 Å². The molecule has 0 aliphatic rings. The molecule has 0 fully saturated rings. The van der Waals surface area contributed by atoms with E-state index in [4.69, 9.17) is 16.3 Å². The van der Waals surface area contributed by atoms with Crippen LogP contribution in [0.4, 0.5) is 4.39 Å². The maximum atomic E-state index is 13.1. The Hall–Kier alpha value is -1.09. The van der Waals surface area contributed by atoms with Crippen LogP contribution in [0.5, 0.6) is 5.75 Å². The Bertz CT molecular complexity index is 339. The highest BCUT2D eigenvalue weighted by Crippen LogP contribution is 2.21. The molecule has 0 aromatic heterocycles. The molecule has 0 radical (unpaired) electrons. The summed E-state index contributed by atoms with van der Waals surface area (Å²) >= 11 is 5.53. The number of carbonyl (C=O) groups excluding carboxylic acids is 1. The topological polar surface area (TPSA) is 26.3 Å². The van der Waals surface area contributed by atoms with Crippen LogP contribution in [-0.4, -0.2) is 5.97 Å². The van der Waals surface area contributed by atoms with Crippen LogP contribution >= 0.6 is 11.6 Å². The van der Waals surface area contributed by atoms with E-state index in [1.165, 1.54) is 12.1 Å². The van der Waals surface area contributed by atoms with Crippen LogP contribution in [0, 0.1) is 5.82 Å². The maximum Gasteiger partial charge on any atom is 0.311 e. The van der Waals surface area contributed by atoms with Crippen LogP contribution in [0.15, 0.2) is 18.2 Å². The second-order valence-electron chi connectivity index (χ2n) is 2.80. The lowest BCUT2D eigenvalue weighted by Gasteiger charge is -2.04. The molecule has 2 nitrogen and oxygen atoms in total. The molecule has 0 unspecified atom stereocenters. The minimum absolute atomic E-state index is 0.0761. The van der Waals surface area contributed by atoms with Crippen molar-refractivity contribution in [1.82, 2.24) is 0 Å². The minimum atomic E-state index is -0.623. The molecule has 0 atom stereocenters. The van der Waals surface area contributed by atoms with Gasteiger partial charge in [-0.15, -0.1) is 0 Å². The van der Waals surface area contributed by atoms with E-state index in [0.717, 1.165) is 6.07 Å². The van der Waals surface area contributed by atoms with Crippen LogP contribution in [-0.2, 0) is 4.79 Å². The van der Waals surface area contributed by atoms with Crippen molar-refractivity contribution in [2.24, 2.45) is 0 Å². The molecule has 1 aromatic rings. The third kappa shape index (κ3) is 3.00. The van der Waals surface area contributed by atoms with Gasteiger partial charge < -0.3 is 4.74 Å². The molecule has 0 heterocycles. The first kappa shape index (κ1) is 11.0. The molecule has 0 N–H and O–H groups in total. The monoisotopic (exact) mass is 216 g/mol. The highest BCUT2D eigenvalue weighted by atomic mass is 35.5. The van der Waals surface area contributed by atoms with Gasteiger partial charge >= 0.3 is 5.97 Å². The van der Waals surface area contributed by atoms with E-state index in [2.05, 4.69) is 0 Å². The van der Waals surface area contributed by atoms with Gasteiger partial charge in [0, 0.05) is 11.4 Å². The lowest BCUT2D eigenvalue weighted by atomic mass is 10.3. The Morgan fingerprint density at radius 2 is 2.29 bits per heavy atom. The number of ether oxygens (including phenoxy) is 1. The van der Waals surface area contributed by atoms with Crippen molar-refractivity contribution in [1.29, 1.82) is 0 Å². The summed E-state index contributed by atoms with van der Waals surface area (Å²) in [7, 11) is 0. The third-order valence-corrected chi connectivity index (χ3v) is 1.81. The number of hydrogen-bond donors (Lipinski definition) is 0. The fraction of sp³-hybridized carbons (Fsp3) is 0.300. The van der Waals surface area contributed by atoms with E-state index in [1.807, 2.05) is 6.92 Å². The smallest absolute Gasteiger partial charge is 0.311 e. The highest BCUT2D eigenvalue weighted by Gasteiger charge is 2.08. The first-order valence-corrected chi connectivity index (χ1v) is 4.67. The second kappa shape index (κ2) is 4.96. The minimum Gasteiger partial charge on any atom is -0.423 e. The van der Waals surface area contributed by atoms with Crippen molar-refractivity contribution in [3.63, 3.8) is 0 Å². The molecule has 4 heteroatoms. The van der Waals surface area contributed by atoms with Crippen LogP contribution < -0.4 is 4.74 Å². The first-order valence-electron chi connectivity index (χ1n) is 4.29. The summed E-state index contributed by atoms with van der Waals surface area (Å²) in [5, 5.41) is 0.276. The first-order chi connectivity index (χ1) is 6.63. The number of rotatable bonds is 3. The summed E-state index contributed by atoms with van der Waals surface area (Å²) < 4.78 is 17.9. The van der Waals surface area contributed by atoms with Gasteiger partial charge in [-0.2, -0.15) is 0 Å². The van der Waals surface area contributed by atoms with Crippen molar-refractivity contribution >= 4 is 17.6 Å². The summed E-state index contributed by atoms with van der Waals surface area (Å²) in [4.78, 5) is 11.0. The number of hydrogen-bond acceptors (Lipinski definition) is 2. The summed E-state index contributed by atoms with van der Waals surface area (Å²) in [6.07, 6.45) is 0.954. The average Bonchev–Trinajstić information content (AvgIpc) is 2.10. The summed E-state index contributed by atoms with van der Waals surface area (Å²) in [5.41, 5.74) is 0. The zero-order valence-electron chi connectivity index (χ0n) is 7.72. The van der Waals surface area contributed by atoms with Gasteiger partial charge in [0.05, 0.1) is 0 Å². The largest absolute Gasteiger partial charge is 0.423 e. The third-order valence-electron chi connectivity index (χ3n) is 1.57. The molecule has 0 saturated carbocycles. The van der Waals surface area contributed by atoms with Gasteiger partial charge in [-0.1, -0.05) is 18.5 Å². The molecule has 1 aromatic carbocycles. The maximum absolute atomic E-state index is 13.1. The van der Waals surface area contributed by atoms with Gasteiger partial charge in [0.15, 0.2) is 11.6 Å². The molecule has 0 spiro atoms. The van der Waals surface area contributed by atoms with E-state index in [0.29, 0.717) is 6.42 Å². The Labute approximate surface area is 86.6 Å². The SMILES string of the molecule is CCCC(=O)Oc1ccc(Cl)cc1F. The molecule has 0 amide bonds. The van der Waals surface area contributed by atoms with Gasteiger partial charge in [-0.05, 0) is 24.6 Å². The average molecular weight is 217 g/mol. The summed E-state index contributed by atoms with van der Waals surface area (Å²) in [6, 6.07) is 3.92. The van der Waals surface area contributed by atoms with Crippen molar-refractivity contribution in [2.75, 3.05) is 0 Å².